The Labute approximate surface area is 131 Å². The van der Waals surface area contributed by atoms with Crippen molar-refractivity contribution in [2.45, 2.75) is 12.5 Å². The summed E-state index contributed by atoms with van der Waals surface area (Å²) in [5, 5.41) is 9.51. The first-order valence-corrected chi connectivity index (χ1v) is 7.43. The lowest BCUT2D eigenvalue weighted by Crippen LogP contribution is -2.24. The fourth-order valence-corrected chi connectivity index (χ4v) is 2.54. The second kappa shape index (κ2) is 5.87. The lowest BCUT2D eigenvalue weighted by molar-refractivity contribution is -0.117. The van der Waals surface area contributed by atoms with Gasteiger partial charge < -0.3 is 14.7 Å². The van der Waals surface area contributed by atoms with Crippen molar-refractivity contribution in [3.05, 3.63) is 53.0 Å². The van der Waals surface area contributed by atoms with E-state index in [1.807, 2.05) is 48.5 Å². The topological polar surface area (TPSA) is 49.8 Å². The third-order valence-electron chi connectivity index (χ3n) is 3.30. The number of amides is 1. The highest BCUT2D eigenvalue weighted by molar-refractivity contribution is 9.10. The van der Waals surface area contributed by atoms with Crippen LogP contribution in [0.5, 0.6) is 11.5 Å². The van der Waals surface area contributed by atoms with E-state index in [9.17, 15) is 9.90 Å². The summed E-state index contributed by atoms with van der Waals surface area (Å²) in [5.41, 5.74) is 0.778. The van der Waals surface area contributed by atoms with Crippen LogP contribution in [0.15, 0.2) is 53.0 Å². The van der Waals surface area contributed by atoms with Gasteiger partial charge in [-0.05, 0) is 48.5 Å². The molecule has 108 valence electrons. The summed E-state index contributed by atoms with van der Waals surface area (Å²) in [6, 6.07) is 14.8. The molecule has 1 fully saturated rings. The molecule has 1 amide bonds. The van der Waals surface area contributed by atoms with Gasteiger partial charge in [0.05, 0.1) is 19.1 Å². The van der Waals surface area contributed by atoms with Crippen LogP contribution in [0.4, 0.5) is 5.69 Å². The smallest absolute Gasteiger partial charge is 0.229 e. The molecule has 1 atom stereocenters. The van der Waals surface area contributed by atoms with Crippen molar-refractivity contribution < 1.29 is 14.6 Å². The summed E-state index contributed by atoms with van der Waals surface area (Å²) < 4.78 is 6.72. The lowest BCUT2D eigenvalue weighted by Gasteiger charge is -2.16. The largest absolute Gasteiger partial charge is 0.457 e. The predicted octanol–water partition coefficient (Wildman–Crippen LogP) is 3.34. The van der Waals surface area contributed by atoms with Crippen molar-refractivity contribution in [1.29, 1.82) is 0 Å². The summed E-state index contributed by atoms with van der Waals surface area (Å²) in [6.07, 6.45) is -0.381. The standard InChI is InChI=1S/C16H14BrNO3/c17-11-1-5-14(6-2-11)21-15-7-3-12(4-8-15)18-10-13(19)9-16(18)20/h1-8,13,19H,9-10H2. The Morgan fingerprint density at radius 1 is 1.05 bits per heavy atom. The molecule has 1 aliphatic heterocycles. The van der Waals surface area contributed by atoms with E-state index in [0.717, 1.165) is 15.9 Å². The number of anilines is 1. The number of β-amino-alcohol motifs (C(OH)–C–C–N with tert-alkyl or cyclic N) is 1. The van der Waals surface area contributed by atoms with Crippen molar-refractivity contribution in [3.8, 4) is 11.5 Å². The van der Waals surface area contributed by atoms with Crippen LogP contribution in [0, 0.1) is 0 Å². The second-order valence-corrected chi connectivity index (χ2v) is 5.83. The number of nitrogens with zero attached hydrogens (tertiary/aromatic N) is 1. The number of carbonyl (C=O) groups is 1. The highest BCUT2D eigenvalue weighted by Crippen LogP contribution is 2.27. The van der Waals surface area contributed by atoms with E-state index in [-0.39, 0.29) is 12.3 Å². The van der Waals surface area contributed by atoms with Crippen LogP contribution in [0.1, 0.15) is 6.42 Å². The molecule has 1 N–H and O–H groups in total. The normalized spacial score (nSPS) is 18.1. The minimum atomic E-state index is -0.573. The average molecular weight is 348 g/mol. The van der Waals surface area contributed by atoms with E-state index < -0.39 is 6.10 Å². The van der Waals surface area contributed by atoms with E-state index in [1.54, 1.807) is 4.90 Å². The molecule has 0 bridgehead atoms. The third-order valence-corrected chi connectivity index (χ3v) is 3.83. The number of carbonyl (C=O) groups excluding carboxylic acids is 1. The Morgan fingerprint density at radius 3 is 2.14 bits per heavy atom. The van der Waals surface area contributed by atoms with Gasteiger partial charge in [0.15, 0.2) is 0 Å². The zero-order valence-corrected chi connectivity index (χ0v) is 12.8. The summed E-state index contributed by atoms with van der Waals surface area (Å²) in [4.78, 5) is 13.3. The van der Waals surface area contributed by atoms with Gasteiger partial charge in [-0.1, -0.05) is 15.9 Å². The molecule has 1 heterocycles. The number of aliphatic hydroxyl groups excluding tert-OH is 1. The Morgan fingerprint density at radius 2 is 1.62 bits per heavy atom. The molecule has 1 saturated heterocycles. The van der Waals surface area contributed by atoms with E-state index in [2.05, 4.69) is 15.9 Å². The minimum Gasteiger partial charge on any atom is -0.457 e. The maximum absolute atomic E-state index is 11.7. The summed E-state index contributed by atoms with van der Waals surface area (Å²) in [7, 11) is 0. The van der Waals surface area contributed by atoms with Crippen molar-refractivity contribution >= 4 is 27.5 Å². The molecule has 3 rings (SSSR count). The molecule has 2 aromatic carbocycles. The number of hydrogen-bond acceptors (Lipinski definition) is 3. The molecule has 1 aliphatic rings. The highest BCUT2D eigenvalue weighted by Gasteiger charge is 2.28. The molecule has 4 nitrogen and oxygen atoms in total. The lowest BCUT2D eigenvalue weighted by atomic mass is 10.2. The Balaban J connectivity index is 1.72. The summed E-state index contributed by atoms with van der Waals surface area (Å²) in [6.45, 7) is 0.353. The van der Waals surface area contributed by atoms with Gasteiger partial charge in [-0.25, -0.2) is 0 Å². The Bertz CT molecular complexity index is 640. The van der Waals surface area contributed by atoms with E-state index in [0.29, 0.717) is 12.3 Å². The predicted molar refractivity (Wildman–Crippen MR) is 83.6 cm³/mol. The van der Waals surface area contributed by atoms with Crippen LogP contribution in [-0.2, 0) is 4.79 Å². The first-order valence-electron chi connectivity index (χ1n) is 6.64. The first kappa shape index (κ1) is 14.1. The van der Waals surface area contributed by atoms with Gasteiger partial charge in [-0.2, -0.15) is 0 Å². The summed E-state index contributed by atoms with van der Waals surface area (Å²) >= 11 is 3.38. The SMILES string of the molecule is O=C1CC(O)CN1c1ccc(Oc2ccc(Br)cc2)cc1. The van der Waals surface area contributed by atoms with Gasteiger partial charge in [0.2, 0.25) is 5.91 Å². The molecule has 2 aromatic rings. The third kappa shape index (κ3) is 3.25. The molecule has 5 heteroatoms. The quantitative estimate of drug-likeness (QED) is 0.926. The number of aliphatic hydroxyl groups is 1. The first-order chi connectivity index (χ1) is 10.1. The number of benzene rings is 2. The monoisotopic (exact) mass is 347 g/mol. The number of hydrogen-bond donors (Lipinski definition) is 1. The molecule has 21 heavy (non-hydrogen) atoms. The van der Waals surface area contributed by atoms with Crippen LogP contribution in [-0.4, -0.2) is 23.7 Å². The molecular formula is C16H14BrNO3. The Hall–Kier alpha value is -1.85. The van der Waals surface area contributed by atoms with Crippen LogP contribution < -0.4 is 9.64 Å². The fraction of sp³-hybridized carbons (Fsp3) is 0.188. The number of halogens is 1. The van der Waals surface area contributed by atoms with Gasteiger partial charge in [-0.3, -0.25) is 4.79 Å². The van der Waals surface area contributed by atoms with Crippen molar-refractivity contribution in [2.24, 2.45) is 0 Å². The number of rotatable bonds is 3. The van der Waals surface area contributed by atoms with Crippen molar-refractivity contribution in [3.63, 3.8) is 0 Å². The van der Waals surface area contributed by atoms with Gasteiger partial charge in [0.25, 0.3) is 0 Å². The van der Waals surface area contributed by atoms with Crippen LogP contribution in [0.3, 0.4) is 0 Å². The second-order valence-electron chi connectivity index (χ2n) is 4.91. The van der Waals surface area contributed by atoms with Crippen LogP contribution >= 0.6 is 15.9 Å². The molecular weight excluding hydrogens is 334 g/mol. The van der Waals surface area contributed by atoms with E-state index >= 15 is 0 Å². The molecule has 0 radical (unpaired) electrons. The van der Waals surface area contributed by atoms with Gasteiger partial charge in [-0.15, -0.1) is 0 Å². The molecule has 0 aliphatic carbocycles. The van der Waals surface area contributed by atoms with Gasteiger partial charge >= 0.3 is 0 Å². The Kier molecular flexibility index (Phi) is 3.94. The van der Waals surface area contributed by atoms with Gasteiger partial charge in [0.1, 0.15) is 11.5 Å². The molecule has 0 aromatic heterocycles. The zero-order chi connectivity index (χ0) is 14.8. The number of ether oxygens (including phenoxy) is 1. The van der Waals surface area contributed by atoms with E-state index in [4.69, 9.17) is 4.74 Å². The van der Waals surface area contributed by atoms with Crippen molar-refractivity contribution in [1.82, 2.24) is 0 Å². The van der Waals surface area contributed by atoms with Crippen molar-refractivity contribution in [2.75, 3.05) is 11.4 Å². The van der Waals surface area contributed by atoms with E-state index in [1.165, 1.54) is 0 Å². The van der Waals surface area contributed by atoms with Crippen LogP contribution in [0.25, 0.3) is 0 Å². The maximum atomic E-state index is 11.7. The zero-order valence-electron chi connectivity index (χ0n) is 11.2. The fourth-order valence-electron chi connectivity index (χ4n) is 2.27. The van der Waals surface area contributed by atoms with Crippen LogP contribution in [0.2, 0.25) is 0 Å². The molecule has 1 unspecified atom stereocenters. The highest BCUT2D eigenvalue weighted by atomic mass is 79.9. The minimum absolute atomic E-state index is 0.0518. The molecule has 0 saturated carbocycles. The maximum Gasteiger partial charge on any atom is 0.229 e. The molecule has 0 spiro atoms. The van der Waals surface area contributed by atoms with Gasteiger partial charge in [0, 0.05) is 10.2 Å². The average Bonchev–Trinajstić information content (AvgIpc) is 2.81. The summed E-state index contributed by atoms with van der Waals surface area (Å²) in [5.74, 6) is 1.40.